The zero-order valence-electron chi connectivity index (χ0n) is 17.1. The summed E-state index contributed by atoms with van der Waals surface area (Å²) in [4.78, 5) is 22.0. The highest BCUT2D eigenvalue weighted by Gasteiger charge is 2.27. The van der Waals surface area contributed by atoms with Gasteiger partial charge in [0.15, 0.2) is 0 Å². The van der Waals surface area contributed by atoms with Crippen molar-refractivity contribution >= 4 is 22.9 Å². The van der Waals surface area contributed by atoms with Crippen LogP contribution in [0.4, 0.5) is 5.69 Å². The summed E-state index contributed by atoms with van der Waals surface area (Å²) in [6.07, 6.45) is 2.54. The summed E-state index contributed by atoms with van der Waals surface area (Å²) < 4.78 is 5.48. The van der Waals surface area contributed by atoms with Gasteiger partial charge >= 0.3 is 0 Å². The number of benzene rings is 2. The summed E-state index contributed by atoms with van der Waals surface area (Å²) in [5, 5.41) is 3.37. The summed E-state index contributed by atoms with van der Waals surface area (Å²) in [5.74, 6) is 1.65. The van der Waals surface area contributed by atoms with Gasteiger partial charge in [0.25, 0.3) is 5.91 Å². The fraction of sp³-hybridized carbons (Fsp3) is 0.333. The van der Waals surface area contributed by atoms with Gasteiger partial charge in [-0.15, -0.1) is 11.3 Å². The number of thiazole rings is 1. The number of rotatable bonds is 5. The molecule has 1 aliphatic carbocycles. The Balaban J connectivity index is 1.23. The number of piperazine rings is 1. The number of para-hydroxylation sites is 2. The Labute approximate surface area is 180 Å². The first kappa shape index (κ1) is 19.1. The second-order valence-corrected chi connectivity index (χ2v) is 8.76. The van der Waals surface area contributed by atoms with Crippen LogP contribution in [0.15, 0.2) is 53.9 Å². The van der Waals surface area contributed by atoms with Crippen molar-refractivity contribution in [1.82, 2.24) is 9.88 Å². The van der Waals surface area contributed by atoms with Crippen molar-refractivity contribution in [2.24, 2.45) is 0 Å². The number of hydrogen-bond donors (Lipinski definition) is 0. The number of aromatic nitrogens is 1. The SMILES string of the molecule is COc1ccccc1N1CCN(C(=O)c2ccc(-c3csc(C4CC4)n3)cc2)CC1. The van der Waals surface area contributed by atoms with Gasteiger partial charge in [-0.3, -0.25) is 4.79 Å². The first-order valence-corrected chi connectivity index (χ1v) is 11.3. The minimum atomic E-state index is 0.0955. The Morgan fingerprint density at radius 3 is 2.47 bits per heavy atom. The van der Waals surface area contributed by atoms with E-state index in [1.807, 2.05) is 47.4 Å². The topological polar surface area (TPSA) is 45.7 Å². The Morgan fingerprint density at radius 2 is 1.77 bits per heavy atom. The van der Waals surface area contributed by atoms with E-state index in [9.17, 15) is 4.79 Å². The molecule has 0 unspecified atom stereocenters. The largest absolute Gasteiger partial charge is 0.495 e. The second-order valence-electron chi connectivity index (χ2n) is 7.87. The minimum absolute atomic E-state index is 0.0955. The Bertz CT molecular complexity index is 1030. The standard InChI is InChI=1S/C24H25N3O2S/c1-29-22-5-3-2-4-21(22)26-12-14-27(15-13-26)24(28)19-10-6-17(7-11-19)20-16-30-23(25-20)18-8-9-18/h2-7,10-11,16,18H,8-9,12-15H2,1H3. The molecule has 1 amide bonds. The van der Waals surface area contributed by atoms with Gasteiger partial charge in [0.1, 0.15) is 5.75 Å². The molecular formula is C24H25N3O2S. The minimum Gasteiger partial charge on any atom is -0.495 e. The lowest BCUT2D eigenvalue weighted by molar-refractivity contribution is 0.0746. The predicted octanol–water partition coefficient (Wildman–Crippen LogP) is 4.66. The molecule has 1 saturated heterocycles. The van der Waals surface area contributed by atoms with Crippen LogP contribution < -0.4 is 9.64 Å². The highest BCUT2D eigenvalue weighted by atomic mass is 32.1. The Hall–Kier alpha value is -2.86. The van der Waals surface area contributed by atoms with Crippen molar-refractivity contribution in [2.45, 2.75) is 18.8 Å². The van der Waals surface area contributed by atoms with E-state index < -0.39 is 0 Å². The lowest BCUT2D eigenvalue weighted by atomic mass is 10.1. The summed E-state index contributed by atoms with van der Waals surface area (Å²) >= 11 is 1.75. The molecule has 0 N–H and O–H groups in total. The Morgan fingerprint density at radius 1 is 1.03 bits per heavy atom. The number of carbonyl (C=O) groups is 1. The molecule has 2 aliphatic rings. The molecule has 1 aromatic heterocycles. The second kappa shape index (κ2) is 8.11. The lowest BCUT2D eigenvalue weighted by Gasteiger charge is -2.36. The smallest absolute Gasteiger partial charge is 0.253 e. The highest BCUT2D eigenvalue weighted by molar-refractivity contribution is 7.10. The molecule has 2 aromatic carbocycles. The van der Waals surface area contributed by atoms with E-state index in [-0.39, 0.29) is 5.91 Å². The third-order valence-electron chi connectivity index (χ3n) is 5.87. The average Bonchev–Trinajstić information content (AvgIpc) is 3.55. The number of amides is 1. The molecule has 5 nitrogen and oxygen atoms in total. The number of nitrogens with zero attached hydrogens (tertiary/aromatic N) is 3. The molecule has 1 saturated carbocycles. The summed E-state index contributed by atoms with van der Waals surface area (Å²) in [7, 11) is 1.70. The number of methoxy groups -OCH3 is 1. The third kappa shape index (κ3) is 3.79. The molecule has 2 fully saturated rings. The molecule has 154 valence electrons. The van der Waals surface area contributed by atoms with Gasteiger partial charge in [-0.25, -0.2) is 4.98 Å². The molecule has 3 aromatic rings. The van der Waals surface area contributed by atoms with E-state index in [1.54, 1.807) is 18.4 Å². The molecule has 6 heteroatoms. The fourth-order valence-corrected chi connectivity index (χ4v) is 4.95. The highest BCUT2D eigenvalue weighted by Crippen LogP contribution is 2.42. The van der Waals surface area contributed by atoms with E-state index in [1.165, 1.54) is 17.8 Å². The van der Waals surface area contributed by atoms with Crippen LogP contribution in [0.1, 0.15) is 34.1 Å². The van der Waals surface area contributed by atoms with E-state index in [0.717, 1.165) is 41.3 Å². The van der Waals surface area contributed by atoms with Crippen molar-refractivity contribution in [3.05, 3.63) is 64.5 Å². The molecule has 1 aliphatic heterocycles. The zero-order valence-corrected chi connectivity index (χ0v) is 17.9. The van der Waals surface area contributed by atoms with Gasteiger partial charge in [-0.2, -0.15) is 0 Å². The van der Waals surface area contributed by atoms with Gasteiger partial charge in [0, 0.05) is 48.6 Å². The Kier molecular flexibility index (Phi) is 5.17. The first-order chi connectivity index (χ1) is 14.7. The molecule has 5 rings (SSSR count). The van der Waals surface area contributed by atoms with Gasteiger partial charge in [-0.1, -0.05) is 24.3 Å². The van der Waals surface area contributed by atoms with Crippen molar-refractivity contribution < 1.29 is 9.53 Å². The number of hydrogen-bond acceptors (Lipinski definition) is 5. The molecule has 0 spiro atoms. The van der Waals surface area contributed by atoms with Crippen LogP contribution in [0.2, 0.25) is 0 Å². The monoisotopic (exact) mass is 419 g/mol. The van der Waals surface area contributed by atoms with E-state index in [4.69, 9.17) is 9.72 Å². The quantitative estimate of drug-likeness (QED) is 0.603. The molecule has 2 heterocycles. The maximum absolute atomic E-state index is 13.0. The summed E-state index contributed by atoms with van der Waals surface area (Å²) in [5.41, 5.74) is 3.93. The zero-order chi connectivity index (χ0) is 20.5. The van der Waals surface area contributed by atoms with E-state index in [2.05, 4.69) is 16.3 Å². The van der Waals surface area contributed by atoms with Crippen LogP contribution in [-0.4, -0.2) is 49.1 Å². The van der Waals surface area contributed by atoms with Crippen LogP contribution >= 0.6 is 11.3 Å². The number of carbonyl (C=O) groups excluding carboxylic acids is 1. The predicted molar refractivity (Wildman–Crippen MR) is 121 cm³/mol. The van der Waals surface area contributed by atoms with Crippen LogP contribution in [-0.2, 0) is 0 Å². The molecule has 0 radical (unpaired) electrons. The van der Waals surface area contributed by atoms with Gasteiger partial charge in [0.2, 0.25) is 0 Å². The average molecular weight is 420 g/mol. The molecule has 0 bridgehead atoms. The van der Waals surface area contributed by atoms with Gasteiger partial charge in [-0.05, 0) is 37.1 Å². The maximum atomic E-state index is 13.0. The van der Waals surface area contributed by atoms with Crippen LogP contribution in [0.3, 0.4) is 0 Å². The first-order valence-electron chi connectivity index (χ1n) is 10.5. The molecule has 30 heavy (non-hydrogen) atoms. The molecule has 0 atom stereocenters. The van der Waals surface area contributed by atoms with Crippen LogP contribution in [0.25, 0.3) is 11.3 Å². The van der Waals surface area contributed by atoms with Crippen LogP contribution in [0.5, 0.6) is 5.75 Å². The van der Waals surface area contributed by atoms with Crippen molar-refractivity contribution in [1.29, 1.82) is 0 Å². The van der Waals surface area contributed by atoms with E-state index >= 15 is 0 Å². The summed E-state index contributed by atoms with van der Waals surface area (Å²) in [6, 6.07) is 15.9. The van der Waals surface area contributed by atoms with Gasteiger partial charge in [0.05, 0.1) is 23.5 Å². The normalized spacial score (nSPS) is 16.6. The maximum Gasteiger partial charge on any atom is 0.253 e. The molecular weight excluding hydrogens is 394 g/mol. The van der Waals surface area contributed by atoms with Crippen molar-refractivity contribution in [3.63, 3.8) is 0 Å². The van der Waals surface area contributed by atoms with Crippen molar-refractivity contribution in [2.75, 3.05) is 38.2 Å². The summed E-state index contributed by atoms with van der Waals surface area (Å²) in [6.45, 7) is 3.00. The van der Waals surface area contributed by atoms with Gasteiger partial charge < -0.3 is 14.5 Å². The van der Waals surface area contributed by atoms with E-state index in [0.29, 0.717) is 19.0 Å². The fourth-order valence-electron chi connectivity index (χ4n) is 3.95. The van der Waals surface area contributed by atoms with Crippen LogP contribution in [0, 0.1) is 0 Å². The lowest BCUT2D eigenvalue weighted by Crippen LogP contribution is -2.48. The van der Waals surface area contributed by atoms with Crippen molar-refractivity contribution in [3.8, 4) is 17.0 Å². The third-order valence-corrected chi connectivity index (χ3v) is 6.88. The number of ether oxygens (including phenoxy) is 1. The number of anilines is 1.